The van der Waals surface area contributed by atoms with Crippen molar-refractivity contribution in [1.82, 2.24) is 0 Å². The third-order valence-electron chi connectivity index (χ3n) is 2.55. The number of aromatic hydroxyl groups is 1. The lowest BCUT2D eigenvalue weighted by Gasteiger charge is -2.00. The third kappa shape index (κ3) is 2.86. The van der Waals surface area contributed by atoms with Crippen molar-refractivity contribution < 1.29 is 19.8 Å². The van der Waals surface area contributed by atoms with Gasteiger partial charge in [-0.05, 0) is 30.3 Å². The number of nitrogens with zero attached hydrogens (tertiary/aromatic N) is 2. The van der Waals surface area contributed by atoms with E-state index < -0.39 is 5.97 Å². The minimum atomic E-state index is -1.10. The highest BCUT2D eigenvalue weighted by Gasteiger charge is 2.08. The van der Waals surface area contributed by atoms with E-state index >= 15 is 0 Å². The molecular weight excluding hydrogens is 260 g/mol. The van der Waals surface area contributed by atoms with E-state index in [1.165, 1.54) is 30.3 Å². The molecule has 2 aromatic carbocycles. The van der Waals surface area contributed by atoms with Gasteiger partial charge in [-0.1, -0.05) is 12.1 Å². The van der Waals surface area contributed by atoms with Crippen LogP contribution in [-0.4, -0.2) is 22.5 Å². The molecular formula is C14H10N2O4. The molecule has 2 N–H and O–H groups in total. The molecule has 0 bridgehead atoms. The van der Waals surface area contributed by atoms with E-state index in [-0.39, 0.29) is 22.6 Å². The Bertz CT molecular complexity index is 695. The van der Waals surface area contributed by atoms with E-state index in [0.717, 1.165) is 0 Å². The summed E-state index contributed by atoms with van der Waals surface area (Å²) in [6.07, 6.45) is 0.500. The van der Waals surface area contributed by atoms with Gasteiger partial charge in [0.2, 0.25) is 0 Å². The topological polar surface area (TPSA) is 99.3 Å². The smallest absolute Gasteiger partial charge is 0.337 e. The number of hydrogen-bond acceptors (Lipinski definition) is 5. The molecule has 0 saturated heterocycles. The zero-order valence-electron chi connectivity index (χ0n) is 10.2. The quantitative estimate of drug-likeness (QED) is 0.657. The molecule has 0 aromatic heterocycles. The van der Waals surface area contributed by atoms with E-state index in [2.05, 4.69) is 10.2 Å². The number of benzene rings is 2. The second kappa shape index (κ2) is 5.75. The minimum absolute atomic E-state index is 0.0330. The van der Waals surface area contributed by atoms with Crippen LogP contribution in [0.2, 0.25) is 0 Å². The van der Waals surface area contributed by atoms with Crippen LogP contribution in [0.25, 0.3) is 0 Å². The highest BCUT2D eigenvalue weighted by Crippen LogP contribution is 2.25. The van der Waals surface area contributed by atoms with Crippen LogP contribution in [-0.2, 0) is 0 Å². The Morgan fingerprint density at radius 1 is 1.10 bits per heavy atom. The molecule has 0 unspecified atom stereocenters. The molecule has 0 saturated carbocycles. The van der Waals surface area contributed by atoms with Crippen molar-refractivity contribution in [2.75, 3.05) is 0 Å². The maximum absolute atomic E-state index is 11.0. The first-order valence-corrected chi connectivity index (χ1v) is 5.64. The number of hydrogen-bond donors (Lipinski definition) is 2. The summed E-state index contributed by atoms with van der Waals surface area (Å²) in [6, 6.07) is 10.3. The van der Waals surface area contributed by atoms with Gasteiger partial charge in [0.1, 0.15) is 11.4 Å². The van der Waals surface area contributed by atoms with Gasteiger partial charge in [0.15, 0.2) is 6.29 Å². The Hall–Kier alpha value is -3.02. The van der Waals surface area contributed by atoms with Crippen LogP contribution in [0.5, 0.6) is 5.75 Å². The first-order chi connectivity index (χ1) is 9.61. The molecule has 100 valence electrons. The predicted molar refractivity (Wildman–Crippen MR) is 71.1 cm³/mol. The normalized spacial score (nSPS) is 10.6. The van der Waals surface area contributed by atoms with E-state index in [1.54, 1.807) is 12.1 Å². The monoisotopic (exact) mass is 270 g/mol. The molecule has 0 spiro atoms. The first kappa shape index (κ1) is 13.4. The van der Waals surface area contributed by atoms with Crippen LogP contribution >= 0.6 is 0 Å². The highest BCUT2D eigenvalue weighted by molar-refractivity contribution is 5.93. The molecule has 0 heterocycles. The summed E-state index contributed by atoms with van der Waals surface area (Å²) in [6.45, 7) is 0. The summed E-state index contributed by atoms with van der Waals surface area (Å²) >= 11 is 0. The van der Waals surface area contributed by atoms with Gasteiger partial charge in [-0.25, -0.2) is 4.79 Å². The van der Waals surface area contributed by atoms with E-state index in [1.807, 2.05) is 0 Å². The second-order valence-corrected chi connectivity index (χ2v) is 3.88. The molecule has 0 atom stereocenters. The number of carboxylic acids is 1. The van der Waals surface area contributed by atoms with Crippen LogP contribution in [0, 0.1) is 0 Å². The number of phenols is 1. The standard InChI is InChI=1S/C14H10N2O4/c17-8-9-7-10(5-6-13(9)18)15-16-12-4-2-1-3-11(12)14(19)20/h1-8,18H,(H,19,20). The lowest BCUT2D eigenvalue weighted by atomic mass is 10.2. The summed E-state index contributed by atoms with van der Waals surface area (Å²) in [5.74, 6) is -1.25. The molecule has 0 radical (unpaired) electrons. The summed E-state index contributed by atoms with van der Waals surface area (Å²) in [7, 11) is 0. The van der Waals surface area contributed by atoms with Crippen molar-refractivity contribution in [2.45, 2.75) is 0 Å². The van der Waals surface area contributed by atoms with Crippen LogP contribution in [0.15, 0.2) is 52.7 Å². The average Bonchev–Trinajstić information content (AvgIpc) is 2.46. The van der Waals surface area contributed by atoms with Crippen LogP contribution in [0.3, 0.4) is 0 Å². The van der Waals surface area contributed by atoms with Gasteiger partial charge in [-0.2, -0.15) is 5.11 Å². The van der Waals surface area contributed by atoms with Gasteiger partial charge in [0, 0.05) is 0 Å². The van der Waals surface area contributed by atoms with Gasteiger partial charge in [-0.15, -0.1) is 5.11 Å². The zero-order valence-corrected chi connectivity index (χ0v) is 10.2. The number of aromatic carboxylic acids is 1. The van der Waals surface area contributed by atoms with Crippen LogP contribution < -0.4 is 0 Å². The molecule has 2 rings (SSSR count). The molecule has 0 fully saturated rings. The third-order valence-corrected chi connectivity index (χ3v) is 2.55. The lowest BCUT2D eigenvalue weighted by Crippen LogP contribution is -1.95. The molecule has 6 nitrogen and oxygen atoms in total. The second-order valence-electron chi connectivity index (χ2n) is 3.88. The fourth-order valence-corrected chi connectivity index (χ4v) is 1.55. The molecule has 6 heteroatoms. The summed E-state index contributed by atoms with van der Waals surface area (Å²) in [4.78, 5) is 21.7. The molecule has 2 aromatic rings. The predicted octanol–water partition coefficient (Wildman–Crippen LogP) is 3.32. The maximum Gasteiger partial charge on any atom is 0.337 e. The molecule has 0 amide bonds. The number of phenolic OH excluding ortho intramolecular Hbond substituents is 1. The van der Waals surface area contributed by atoms with Crippen LogP contribution in [0.1, 0.15) is 20.7 Å². The van der Waals surface area contributed by atoms with E-state index in [9.17, 15) is 14.7 Å². The molecule has 0 aliphatic carbocycles. The summed E-state index contributed by atoms with van der Waals surface area (Å²) in [5.41, 5.74) is 0.671. The van der Waals surface area contributed by atoms with Crippen molar-refractivity contribution in [1.29, 1.82) is 0 Å². The number of carboxylic acid groups (broad SMARTS) is 1. The van der Waals surface area contributed by atoms with Crippen LogP contribution in [0.4, 0.5) is 11.4 Å². The maximum atomic E-state index is 11.0. The minimum Gasteiger partial charge on any atom is -0.507 e. The SMILES string of the molecule is O=Cc1cc(N=Nc2ccccc2C(=O)O)ccc1O. The Kier molecular flexibility index (Phi) is 3.85. The van der Waals surface area contributed by atoms with Gasteiger partial charge in [0.05, 0.1) is 16.8 Å². The van der Waals surface area contributed by atoms with Crippen molar-refractivity contribution in [3.63, 3.8) is 0 Å². The number of carbonyl (C=O) groups excluding carboxylic acids is 1. The number of carbonyl (C=O) groups is 2. The van der Waals surface area contributed by atoms with Crippen molar-refractivity contribution in [3.8, 4) is 5.75 Å². The van der Waals surface area contributed by atoms with Crippen molar-refractivity contribution in [3.05, 3.63) is 53.6 Å². The highest BCUT2D eigenvalue weighted by atomic mass is 16.4. The van der Waals surface area contributed by atoms with Gasteiger partial charge in [-0.3, -0.25) is 4.79 Å². The zero-order chi connectivity index (χ0) is 14.5. The van der Waals surface area contributed by atoms with Crippen molar-refractivity contribution >= 4 is 23.6 Å². The number of aldehydes is 1. The molecule has 0 aliphatic heterocycles. The van der Waals surface area contributed by atoms with Crippen molar-refractivity contribution in [2.24, 2.45) is 10.2 Å². The Morgan fingerprint density at radius 2 is 1.85 bits per heavy atom. The van der Waals surface area contributed by atoms with Gasteiger partial charge in [0.25, 0.3) is 0 Å². The molecule has 20 heavy (non-hydrogen) atoms. The number of rotatable bonds is 4. The van der Waals surface area contributed by atoms with E-state index in [4.69, 9.17) is 5.11 Å². The average molecular weight is 270 g/mol. The number of azo groups is 1. The lowest BCUT2D eigenvalue weighted by molar-refractivity contribution is 0.0697. The Labute approximate surface area is 114 Å². The Morgan fingerprint density at radius 3 is 2.55 bits per heavy atom. The van der Waals surface area contributed by atoms with E-state index in [0.29, 0.717) is 12.0 Å². The molecule has 0 aliphatic rings. The fourth-order valence-electron chi connectivity index (χ4n) is 1.55. The summed E-state index contributed by atoms with van der Waals surface area (Å²) < 4.78 is 0. The van der Waals surface area contributed by atoms with Gasteiger partial charge < -0.3 is 10.2 Å². The fraction of sp³-hybridized carbons (Fsp3) is 0. The van der Waals surface area contributed by atoms with Gasteiger partial charge >= 0.3 is 5.97 Å². The largest absolute Gasteiger partial charge is 0.507 e. The Balaban J connectivity index is 2.35. The first-order valence-electron chi connectivity index (χ1n) is 5.64. The summed E-state index contributed by atoms with van der Waals surface area (Å²) in [5, 5.41) is 26.1.